The molecule has 0 amide bonds. The number of hydrogen-bond donors (Lipinski definition) is 1. The molecule has 1 N–H and O–H groups in total. The summed E-state index contributed by atoms with van der Waals surface area (Å²) in [5.74, 6) is 1.48. The fraction of sp³-hybridized carbons (Fsp3) is 0.478. The van der Waals surface area contributed by atoms with Gasteiger partial charge in [0.2, 0.25) is 0 Å². The van der Waals surface area contributed by atoms with Crippen LogP contribution in [0, 0.1) is 6.92 Å². The third-order valence-corrected chi connectivity index (χ3v) is 5.19. The normalized spacial score (nSPS) is 10.9. The Hall–Kier alpha value is -1.56. The Labute approximate surface area is 177 Å². The van der Waals surface area contributed by atoms with E-state index < -0.39 is 0 Å². The number of unbranched alkanes of at least 4 members (excludes halogenated alkanes) is 1. The zero-order valence-corrected chi connectivity index (χ0v) is 18.8. The molecule has 28 heavy (non-hydrogen) atoms. The molecule has 4 nitrogen and oxygen atoms in total. The topological polar surface area (TPSA) is 39.7 Å². The van der Waals surface area contributed by atoms with Crippen molar-refractivity contribution in [2.24, 2.45) is 0 Å². The molecule has 0 aliphatic rings. The maximum absolute atomic E-state index is 5.99. The molecule has 0 aromatic heterocycles. The van der Waals surface area contributed by atoms with E-state index in [2.05, 4.69) is 59.4 Å². The summed E-state index contributed by atoms with van der Waals surface area (Å²) in [7, 11) is 1.67. The van der Waals surface area contributed by atoms with Gasteiger partial charge in [0.15, 0.2) is 11.5 Å². The van der Waals surface area contributed by atoms with Crippen molar-refractivity contribution in [3.05, 3.63) is 57.6 Å². The van der Waals surface area contributed by atoms with Crippen molar-refractivity contribution in [2.45, 2.75) is 46.3 Å². The number of benzene rings is 2. The number of ether oxygens (including phenoxy) is 3. The Morgan fingerprint density at radius 3 is 2.46 bits per heavy atom. The third-order valence-electron chi connectivity index (χ3n) is 4.45. The monoisotopic (exact) mass is 449 g/mol. The summed E-state index contributed by atoms with van der Waals surface area (Å²) in [4.78, 5) is 0. The molecule has 0 atom stereocenters. The zero-order chi connectivity index (χ0) is 20.2. The van der Waals surface area contributed by atoms with Crippen LogP contribution in [-0.2, 0) is 17.9 Å². The lowest BCUT2D eigenvalue weighted by Gasteiger charge is -2.15. The van der Waals surface area contributed by atoms with E-state index in [1.165, 1.54) is 12.0 Å². The molecular formula is C23H32BrNO3. The highest BCUT2D eigenvalue weighted by molar-refractivity contribution is 9.10. The molecule has 0 bridgehead atoms. The third kappa shape index (κ3) is 7.82. The minimum Gasteiger partial charge on any atom is -0.493 e. The Kier molecular flexibility index (Phi) is 10.4. The minimum atomic E-state index is 0.513. The molecule has 2 rings (SSSR count). The molecular weight excluding hydrogens is 418 g/mol. The van der Waals surface area contributed by atoms with Crippen LogP contribution >= 0.6 is 15.9 Å². The molecule has 0 unspecified atom stereocenters. The number of methoxy groups -OCH3 is 1. The highest BCUT2D eigenvalue weighted by Gasteiger charge is 2.10. The lowest BCUT2D eigenvalue weighted by Crippen LogP contribution is -2.17. The summed E-state index contributed by atoms with van der Waals surface area (Å²) in [6, 6.07) is 12.4. The first kappa shape index (κ1) is 22.7. The van der Waals surface area contributed by atoms with E-state index in [1.54, 1.807) is 7.11 Å². The van der Waals surface area contributed by atoms with Gasteiger partial charge in [0.05, 0.1) is 7.11 Å². The SMILES string of the molecule is CCCCOCCCNCc1cc(OC)c(OCc2ccc(C)cc2)cc1Br. The Balaban J connectivity index is 1.83. The van der Waals surface area contributed by atoms with E-state index in [1.807, 2.05) is 12.1 Å². The van der Waals surface area contributed by atoms with Gasteiger partial charge in [0, 0.05) is 24.2 Å². The van der Waals surface area contributed by atoms with Gasteiger partial charge >= 0.3 is 0 Å². The van der Waals surface area contributed by atoms with E-state index in [-0.39, 0.29) is 0 Å². The molecule has 0 radical (unpaired) electrons. The maximum Gasteiger partial charge on any atom is 0.162 e. The maximum atomic E-state index is 5.99. The van der Waals surface area contributed by atoms with Crippen LogP contribution in [0.2, 0.25) is 0 Å². The van der Waals surface area contributed by atoms with Crippen molar-refractivity contribution in [1.82, 2.24) is 5.32 Å². The molecule has 2 aromatic carbocycles. The fourth-order valence-electron chi connectivity index (χ4n) is 2.70. The van der Waals surface area contributed by atoms with Crippen LogP contribution in [0.5, 0.6) is 11.5 Å². The smallest absolute Gasteiger partial charge is 0.162 e. The summed E-state index contributed by atoms with van der Waals surface area (Å²) in [6.07, 6.45) is 3.33. The molecule has 154 valence electrons. The molecule has 0 saturated heterocycles. The van der Waals surface area contributed by atoms with Gasteiger partial charge in [0.1, 0.15) is 6.61 Å². The van der Waals surface area contributed by atoms with Crippen LogP contribution in [-0.4, -0.2) is 26.9 Å². The Morgan fingerprint density at radius 1 is 1.00 bits per heavy atom. The first-order valence-electron chi connectivity index (χ1n) is 9.97. The molecule has 5 heteroatoms. The fourth-order valence-corrected chi connectivity index (χ4v) is 3.16. The number of halogens is 1. The Morgan fingerprint density at radius 2 is 1.75 bits per heavy atom. The standard InChI is InChI=1S/C23H32BrNO3/c1-4-5-12-27-13-6-11-25-16-20-14-22(26-3)23(15-21(20)24)28-17-19-9-7-18(2)8-10-19/h7-10,14-15,25H,4-6,11-13,16-17H2,1-3H3. The van der Waals surface area contributed by atoms with Crippen LogP contribution in [0.15, 0.2) is 40.9 Å². The lowest BCUT2D eigenvalue weighted by atomic mass is 10.1. The van der Waals surface area contributed by atoms with Crippen molar-refractivity contribution in [1.29, 1.82) is 0 Å². The zero-order valence-electron chi connectivity index (χ0n) is 17.2. The summed E-state index contributed by atoms with van der Waals surface area (Å²) >= 11 is 3.66. The van der Waals surface area contributed by atoms with Crippen molar-refractivity contribution in [2.75, 3.05) is 26.9 Å². The van der Waals surface area contributed by atoms with Gasteiger partial charge in [-0.3, -0.25) is 0 Å². The van der Waals surface area contributed by atoms with Crippen molar-refractivity contribution in [3.63, 3.8) is 0 Å². The van der Waals surface area contributed by atoms with E-state index in [0.29, 0.717) is 6.61 Å². The van der Waals surface area contributed by atoms with Gasteiger partial charge in [-0.15, -0.1) is 0 Å². The van der Waals surface area contributed by atoms with E-state index >= 15 is 0 Å². The average Bonchev–Trinajstić information content (AvgIpc) is 2.70. The van der Waals surface area contributed by atoms with Crippen molar-refractivity contribution in [3.8, 4) is 11.5 Å². The molecule has 0 aliphatic carbocycles. The number of hydrogen-bond acceptors (Lipinski definition) is 4. The van der Waals surface area contributed by atoms with Gasteiger partial charge in [-0.05, 0) is 49.6 Å². The van der Waals surface area contributed by atoms with Gasteiger partial charge in [0.25, 0.3) is 0 Å². The average molecular weight is 450 g/mol. The highest BCUT2D eigenvalue weighted by atomic mass is 79.9. The van der Waals surface area contributed by atoms with Crippen molar-refractivity contribution < 1.29 is 14.2 Å². The van der Waals surface area contributed by atoms with Crippen LogP contribution in [0.1, 0.15) is 42.9 Å². The molecule has 0 heterocycles. The van der Waals surface area contributed by atoms with Gasteiger partial charge in [-0.25, -0.2) is 0 Å². The van der Waals surface area contributed by atoms with E-state index in [0.717, 1.165) is 66.2 Å². The molecule has 0 spiro atoms. The second-order valence-corrected chi connectivity index (χ2v) is 7.72. The summed E-state index contributed by atoms with van der Waals surface area (Å²) in [6.45, 7) is 8.13. The molecule has 0 saturated carbocycles. The predicted octanol–water partition coefficient (Wildman–Crippen LogP) is 5.64. The van der Waals surface area contributed by atoms with E-state index in [9.17, 15) is 0 Å². The largest absolute Gasteiger partial charge is 0.493 e. The van der Waals surface area contributed by atoms with Gasteiger partial charge < -0.3 is 19.5 Å². The molecule has 0 aliphatic heterocycles. The molecule has 0 fully saturated rings. The van der Waals surface area contributed by atoms with Gasteiger partial charge in [-0.2, -0.15) is 0 Å². The second-order valence-electron chi connectivity index (χ2n) is 6.87. The van der Waals surface area contributed by atoms with Crippen molar-refractivity contribution >= 4 is 15.9 Å². The number of nitrogens with one attached hydrogen (secondary N) is 1. The van der Waals surface area contributed by atoms with Gasteiger partial charge in [-0.1, -0.05) is 59.1 Å². The first-order chi connectivity index (χ1) is 13.6. The minimum absolute atomic E-state index is 0.513. The summed E-state index contributed by atoms with van der Waals surface area (Å²) in [5, 5.41) is 3.46. The number of aryl methyl sites for hydroxylation is 1. The van der Waals surface area contributed by atoms with Crippen LogP contribution in [0.4, 0.5) is 0 Å². The first-order valence-corrected chi connectivity index (χ1v) is 10.8. The summed E-state index contributed by atoms with van der Waals surface area (Å²) < 4.78 is 18.1. The van der Waals surface area contributed by atoms with Crippen LogP contribution in [0.3, 0.4) is 0 Å². The summed E-state index contributed by atoms with van der Waals surface area (Å²) in [5.41, 5.74) is 3.52. The quantitative estimate of drug-likeness (QED) is 0.401. The predicted molar refractivity (Wildman–Crippen MR) is 118 cm³/mol. The van der Waals surface area contributed by atoms with E-state index in [4.69, 9.17) is 14.2 Å². The lowest BCUT2D eigenvalue weighted by molar-refractivity contribution is 0.128. The highest BCUT2D eigenvalue weighted by Crippen LogP contribution is 2.34. The van der Waals surface area contributed by atoms with Crippen LogP contribution in [0.25, 0.3) is 0 Å². The Bertz CT molecular complexity index is 704. The van der Waals surface area contributed by atoms with Crippen LogP contribution < -0.4 is 14.8 Å². The second kappa shape index (κ2) is 12.8. The number of rotatable bonds is 13. The molecule has 2 aromatic rings.